The molecule has 5 rings (SSSR count). The van der Waals surface area contributed by atoms with Gasteiger partial charge in [-0.15, -0.1) is 0 Å². The average molecular weight is 426 g/mol. The molecule has 32 heavy (non-hydrogen) atoms. The van der Waals surface area contributed by atoms with Crippen LogP contribution in [-0.4, -0.2) is 33.3 Å². The zero-order valence-corrected chi connectivity index (χ0v) is 17.1. The van der Waals surface area contributed by atoms with E-state index >= 15 is 0 Å². The van der Waals surface area contributed by atoms with E-state index in [0.717, 1.165) is 0 Å². The first-order valence-corrected chi connectivity index (χ1v) is 10.0. The maximum atomic E-state index is 12.7. The number of fused-ring (bicyclic) bond motifs is 2. The van der Waals surface area contributed by atoms with Crippen LogP contribution >= 0.6 is 0 Å². The number of carbonyl (C=O) groups excluding carboxylic acids is 1. The average Bonchev–Trinajstić information content (AvgIpc) is 3.32. The van der Waals surface area contributed by atoms with E-state index in [1.54, 1.807) is 48.5 Å². The summed E-state index contributed by atoms with van der Waals surface area (Å²) in [5, 5.41) is 23.5. The molecule has 158 valence electrons. The normalized spacial score (nSPS) is 12.2. The zero-order valence-electron chi connectivity index (χ0n) is 17.1. The van der Waals surface area contributed by atoms with Gasteiger partial charge >= 0.3 is 0 Å². The second-order valence-electron chi connectivity index (χ2n) is 7.10. The van der Waals surface area contributed by atoms with Gasteiger partial charge in [-0.2, -0.15) is 4.99 Å². The predicted octanol–water partition coefficient (Wildman–Crippen LogP) is 2.89. The first-order valence-electron chi connectivity index (χ1n) is 10.0. The number of hydrogen-bond acceptors (Lipinski definition) is 4. The Morgan fingerprint density at radius 1 is 0.938 bits per heavy atom. The summed E-state index contributed by atoms with van der Waals surface area (Å²) in [5.41, 5.74) is 0.791. The summed E-state index contributed by atoms with van der Waals surface area (Å²) in [6.07, 6.45) is 0. The summed E-state index contributed by atoms with van der Waals surface area (Å²) in [6, 6.07) is 18.8. The fourth-order valence-electron chi connectivity index (χ4n) is 3.60. The molecule has 8 nitrogen and oxygen atoms in total. The third-order valence-corrected chi connectivity index (χ3v) is 5.10. The van der Waals surface area contributed by atoms with E-state index in [0.29, 0.717) is 39.5 Å². The molecule has 1 aliphatic rings. The van der Waals surface area contributed by atoms with Crippen LogP contribution in [0.15, 0.2) is 81.7 Å². The predicted molar refractivity (Wildman–Crippen MR) is 118 cm³/mol. The third kappa shape index (κ3) is 3.27. The minimum Gasteiger partial charge on any atom is -0.494 e. The van der Waals surface area contributed by atoms with E-state index in [9.17, 15) is 15.0 Å². The van der Waals surface area contributed by atoms with Crippen molar-refractivity contribution in [1.82, 2.24) is 4.57 Å². The lowest BCUT2D eigenvalue weighted by Crippen LogP contribution is -2.19. The van der Waals surface area contributed by atoms with Crippen LogP contribution in [-0.2, 0) is 0 Å². The van der Waals surface area contributed by atoms with Gasteiger partial charge in [0.15, 0.2) is 0 Å². The summed E-state index contributed by atoms with van der Waals surface area (Å²) < 4.78 is 6.74. The molecule has 1 amide bonds. The molecule has 2 N–H and O–H groups in total. The van der Waals surface area contributed by atoms with Crippen molar-refractivity contribution in [3.63, 3.8) is 0 Å². The van der Waals surface area contributed by atoms with Crippen molar-refractivity contribution in [2.24, 2.45) is 15.0 Å². The number of para-hydroxylation sites is 2. The Balaban J connectivity index is 1.52. The van der Waals surface area contributed by atoms with Gasteiger partial charge in [-0.3, -0.25) is 9.36 Å². The van der Waals surface area contributed by atoms with E-state index in [2.05, 4.69) is 15.0 Å². The van der Waals surface area contributed by atoms with Gasteiger partial charge in [-0.05, 0) is 61.5 Å². The first-order chi connectivity index (χ1) is 15.5. The third-order valence-electron chi connectivity index (χ3n) is 5.10. The molecule has 0 atom stereocenters. The highest BCUT2D eigenvalue weighted by atomic mass is 16.5. The Hall–Kier alpha value is -4.46. The van der Waals surface area contributed by atoms with Crippen molar-refractivity contribution in [1.29, 1.82) is 0 Å². The van der Waals surface area contributed by atoms with Crippen LogP contribution in [0.4, 0.5) is 0 Å². The summed E-state index contributed by atoms with van der Waals surface area (Å²) in [6.45, 7) is 2.43. The molecule has 0 aliphatic carbocycles. The molecular weight excluding hydrogens is 408 g/mol. The minimum absolute atomic E-state index is 0.0790. The van der Waals surface area contributed by atoms with Gasteiger partial charge in [-0.25, -0.2) is 9.98 Å². The second kappa shape index (κ2) is 7.66. The minimum atomic E-state index is -0.546. The number of guanidine groups is 1. The van der Waals surface area contributed by atoms with Crippen molar-refractivity contribution in [2.45, 2.75) is 6.92 Å². The van der Waals surface area contributed by atoms with Gasteiger partial charge < -0.3 is 14.9 Å². The van der Waals surface area contributed by atoms with Gasteiger partial charge in [0, 0.05) is 16.3 Å². The number of carbonyl (C=O) groups is 1. The van der Waals surface area contributed by atoms with Crippen LogP contribution in [0.1, 0.15) is 17.3 Å². The second-order valence-corrected chi connectivity index (χ2v) is 7.10. The molecule has 0 unspecified atom stereocenters. The Morgan fingerprint density at radius 2 is 1.59 bits per heavy atom. The van der Waals surface area contributed by atoms with Gasteiger partial charge in [0.25, 0.3) is 11.9 Å². The van der Waals surface area contributed by atoms with Crippen LogP contribution < -0.4 is 15.5 Å². The molecule has 0 bridgehead atoms. The van der Waals surface area contributed by atoms with Crippen molar-refractivity contribution < 1.29 is 19.7 Å². The van der Waals surface area contributed by atoms with Crippen LogP contribution in [0.25, 0.3) is 16.5 Å². The molecule has 4 aromatic rings. The number of rotatable bonds is 4. The van der Waals surface area contributed by atoms with Crippen LogP contribution in [0.5, 0.6) is 17.5 Å². The van der Waals surface area contributed by atoms with Crippen molar-refractivity contribution in [3.05, 3.63) is 83.0 Å². The van der Waals surface area contributed by atoms with Crippen LogP contribution in [0.2, 0.25) is 0 Å². The van der Waals surface area contributed by atoms with E-state index in [4.69, 9.17) is 4.74 Å². The molecular formula is C24H18N4O4. The smallest absolute Gasteiger partial charge is 0.280 e. The lowest BCUT2D eigenvalue weighted by atomic mass is 10.1. The highest BCUT2D eigenvalue weighted by molar-refractivity contribution is 6.06. The Bertz CT molecular complexity index is 1480. The summed E-state index contributed by atoms with van der Waals surface area (Å²) >= 11 is 0. The van der Waals surface area contributed by atoms with Gasteiger partial charge in [0.05, 0.1) is 23.0 Å². The first kappa shape index (κ1) is 19.5. The SMILES string of the molecule is CCOc1ccc(-n2c(O)c3ccc(C(=O)N=C4N=c5ccccc5=N4)cc3c2O)cc1. The van der Waals surface area contributed by atoms with Gasteiger partial charge in [-0.1, -0.05) is 12.1 Å². The number of hydrogen-bond donors (Lipinski definition) is 2. The molecule has 8 heteroatoms. The van der Waals surface area contributed by atoms with Crippen molar-refractivity contribution in [2.75, 3.05) is 6.61 Å². The van der Waals surface area contributed by atoms with Gasteiger partial charge in [0.2, 0.25) is 11.8 Å². The molecule has 0 saturated carbocycles. The molecule has 2 heterocycles. The maximum Gasteiger partial charge on any atom is 0.280 e. The fourth-order valence-corrected chi connectivity index (χ4v) is 3.60. The number of nitrogens with zero attached hydrogens (tertiary/aromatic N) is 4. The summed E-state index contributed by atoms with van der Waals surface area (Å²) in [5.74, 6) is -0.108. The molecule has 0 radical (unpaired) electrons. The van der Waals surface area contributed by atoms with Crippen LogP contribution in [0, 0.1) is 0 Å². The van der Waals surface area contributed by atoms with Gasteiger partial charge in [0.1, 0.15) is 5.75 Å². The Labute approximate surface area is 182 Å². The summed E-state index contributed by atoms with van der Waals surface area (Å²) in [7, 11) is 0. The van der Waals surface area contributed by atoms with E-state index in [1.165, 1.54) is 10.6 Å². The highest BCUT2D eigenvalue weighted by Crippen LogP contribution is 2.39. The quantitative estimate of drug-likeness (QED) is 0.523. The van der Waals surface area contributed by atoms with Crippen molar-refractivity contribution in [3.8, 4) is 23.2 Å². The molecule has 0 spiro atoms. The highest BCUT2D eigenvalue weighted by Gasteiger charge is 2.19. The number of amides is 1. The van der Waals surface area contributed by atoms with Crippen LogP contribution in [0.3, 0.4) is 0 Å². The number of benzene rings is 3. The maximum absolute atomic E-state index is 12.7. The lowest BCUT2D eigenvalue weighted by molar-refractivity contribution is 0.100. The molecule has 1 aliphatic heterocycles. The fraction of sp³-hybridized carbons (Fsp3) is 0.0833. The van der Waals surface area contributed by atoms with E-state index in [-0.39, 0.29) is 23.3 Å². The Kier molecular flexibility index (Phi) is 4.67. The molecule has 3 aromatic carbocycles. The topological polar surface area (TPSA) is 109 Å². The largest absolute Gasteiger partial charge is 0.494 e. The van der Waals surface area contributed by atoms with E-state index in [1.807, 2.05) is 19.1 Å². The number of aliphatic imine (C=N–C) groups is 1. The summed E-state index contributed by atoms with van der Waals surface area (Å²) in [4.78, 5) is 25.2. The molecule has 0 saturated heterocycles. The molecule has 0 fully saturated rings. The number of ether oxygens (including phenoxy) is 1. The zero-order chi connectivity index (χ0) is 22.2. The monoisotopic (exact) mass is 426 g/mol. The number of aromatic hydroxyl groups is 2. The lowest BCUT2D eigenvalue weighted by Gasteiger charge is -2.08. The molecule has 1 aromatic heterocycles. The van der Waals surface area contributed by atoms with E-state index < -0.39 is 5.91 Å². The Morgan fingerprint density at radius 3 is 2.25 bits per heavy atom. The standard InChI is InChI=1S/C24H18N4O4/c1-2-32-16-10-8-15(9-11-16)28-22(30)17-12-7-14(13-18(17)23(28)31)21(29)27-24-25-19-5-3-4-6-20(19)26-24/h3-13,30-31H,2H2,1H3. The van der Waals surface area contributed by atoms with Crippen molar-refractivity contribution >= 4 is 22.6 Å². The number of aromatic nitrogens is 1.